The van der Waals surface area contributed by atoms with Crippen LogP contribution < -0.4 is 0 Å². The number of allylic oxidation sites excluding steroid dienone is 2. The minimum Gasteiger partial charge on any atom is -0.360 e. The van der Waals surface area contributed by atoms with Gasteiger partial charge in [0.15, 0.2) is 0 Å². The highest BCUT2D eigenvalue weighted by molar-refractivity contribution is 5.88. The highest BCUT2D eigenvalue weighted by Gasteiger charge is 2.13. The summed E-state index contributed by atoms with van der Waals surface area (Å²) < 4.78 is 0. The third kappa shape index (κ3) is 2.23. The summed E-state index contributed by atoms with van der Waals surface area (Å²) >= 11 is 0. The number of hydrogen-bond donors (Lipinski definition) is 2. The van der Waals surface area contributed by atoms with E-state index in [4.69, 9.17) is 0 Å². The molecule has 1 aromatic carbocycles. The largest absolute Gasteiger partial charge is 0.360 e. The lowest BCUT2D eigenvalue weighted by Gasteiger charge is -2.08. The second-order valence-electron chi connectivity index (χ2n) is 5.13. The second-order valence-corrected chi connectivity index (χ2v) is 5.13. The van der Waals surface area contributed by atoms with E-state index in [0.29, 0.717) is 0 Å². The molecule has 2 N–H and O–H groups in total. The van der Waals surface area contributed by atoms with Crippen LogP contribution in [-0.4, -0.2) is 16.2 Å². The first-order valence-electron chi connectivity index (χ1n) is 7.25. The summed E-state index contributed by atoms with van der Waals surface area (Å²) in [6.45, 7) is 0. The van der Waals surface area contributed by atoms with E-state index in [1.54, 1.807) is 0 Å². The van der Waals surface area contributed by atoms with E-state index in [2.05, 4.69) is 45.3 Å². The van der Waals surface area contributed by atoms with Crippen molar-refractivity contribution in [2.24, 2.45) is 4.99 Å². The third-order valence-electron chi connectivity index (χ3n) is 3.72. The Bertz CT molecular complexity index is 849. The number of nitrogens with zero attached hydrogens (tertiary/aromatic N) is 1. The van der Waals surface area contributed by atoms with Gasteiger partial charge >= 0.3 is 0 Å². The molecule has 0 unspecified atom stereocenters. The van der Waals surface area contributed by atoms with Gasteiger partial charge in [-0.1, -0.05) is 30.3 Å². The Balaban J connectivity index is 1.85. The number of aromatic nitrogens is 2. The molecule has 0 spiro atoms. The van der Waals surface area contributed by atoms with Crippen LogP contribution in [0, 0.1) is 0 Å². The Kier molecular flexibility index (Phi) is 3.09. The van der Waals surface area contributed by atoms with Crippen molar-refractivity contribution in [3.05, 3.63) is 89.9 Å². The van der Waals surface area contributed by atoms with Crippen molar-refractivity contribution in [1.82, 2.24) is 9.97 Å². The summed E-state index contributed by atoms with van der Waals surface area (Å²) in [6.07, 6.45) is 7.76. The number of benzene rings is 1. The van der Waals surface area contributed by atoms with Crippen LogP contribution in [0.25, 0.3) is 17.0 Å². The first kappa shape index (κ1) is 12.7. The van der Waals surface area contributed by atoms with E-state index in [9.17, 15) is 0 Å². The summed E-state index contributed by atoms with van der Waals surface area (Å²) in [5.41, 5.74) is 6.46. The second kappa shape index (κ2) is 5.37. The number of aromatic amines is 2. The van der Waals surface area contributed by atoms with Crippen LogP contribution in [-0.2, 0) is 0 Å². The monoisotopic (exact) mass is 285 g/mol. The van der Waals surface area contributed by atoms with E-state index in [1.807, 2.05) is 48.8 Å². The van der Waals surface area contributed by atoms with E-state index in [1.165, 1.54) is 0 Å². The molecule has 0 saturated heterocycles. The molecule has 3 aromatic rings. The van der Waals surface area contributed by atoms with Gasteiger partial charge in [0.05, 0.1) is 17.1 Å². The molecule has 1 aliphatic rings. The van der Waals surface area contributed by atoms with Crippen molar-refractivity contribution in [2.75, 3.05) is 0 Å². The van der Waals surface area contributed by atoms with Crippen molar-refractivity contribution in [3.63, 3.8) is 0 Å². The molecule has 0 saturated carbocycles. The summed E-state index contributed by atoms with van der Waals surface area (Å²) in [5, 5.41) is 0. The van der Waals surface area contributed by atoms with Crippen molar-refractivity contribution >= 4 is 11.8 Å². The predicted octanol–water partition coefficient (Wildman–Crippen LogP) is 4.41. The van der Waals surface area contributed by atoms with E-state index >= 15 is 0 Å². The molecule has 4 rings (SSSR count). The number of H-pyrrole nitrogens is 2. The highest BCUT2D eigenvalue weighted by Crippen LogP contribution is 2.30. The zero-order chi connectivity index (χ0) is 14.8. The molecule has 0 radical (unpaired) electrons. The molecular formula is C19H15N3. The minimum absolute atomic E-state index is 0.978. The molecule has 3 heteroatoms. The lowest BCUT2D eigenvalue weighted by atomic mass is 10.0. The zero-order valence-corrected chi connectivity index (χ0v) is 12.0. The van der Waals surface area contributed by atoms with Crippen molar-refractivity contribution in [3.8, 4) is 11.4 Å². The van der Waals surface area contributed by atoms with Crippen LogP contribution in [0.5, 0.6) is 0 Å². The standard InChI is InChI=1S/C19H15N3/c1-2-6-14(7-3-1)19(17-9-5-13-21-17)18-11-10-16(22-18)15-8-4-12-20-15/h1-13,20,22H/b19-17-. The smallest absolute Gasteiger partial charge is 0.0729 e. The van der Waals surface area contributed by atoms with Crippen LogP contribution in [0.4, 0.5) is 0 Å². The lowest BCUT2D eigenvalue weighted by molar-refractivity contribution is 1.29. The van der Waals surface area contributed by atoms with Crippen LogP contribution >= 0.6 is 0 Å². The molecule has 0 bridgehead atoms. The Morgan fingerprint density at radius 2 is 1.77 bits per heavy atom. The molecule has 0 atom stereocenters. The Morgan fingerprint density at radius 3 is 2.50 bits per heavy atom. The van der Waals surface area contributed by atoms with Crippen molar-refractivity contribution in [2.45, 2.75) is 0 Å². The van der Waals surface area contributed by atoms with Crippen LogP contribution in [0.3, 0.4) is 0 Å². The molecule has 2 aromatic heterocycles. The van der Waals surface area contributed by atoms with Crippen molar-refractivity contribution in [1.29, 1.82) is 0 Å². The maximum absolute atomic E-state index is 4.48. The van der Waals surface area contributed by atoms with Gasteiger partial charge in [-0.15, -0.1) is 0 Å². The van der Waals surface area contributed by atoms with Crippen molar-refractivity contribution < 1.29 is 0 Å². The molecule has 3 nitrogen and oxygen atoms in total. The SMILES string of the molecule is C1=C/C(=C(\c2ccccc2)c2ccc(-c3ccc[nH]3)[nH]2)N=C1. The fourth-order valence-corrected chi connectivity index (χ4v) is 2.69. The van der Waals surface area contributed by atoms with Gasteiger partial charge in [0.2, 0.25) is 0 Å². The van der Waals surface area contributed by atoms with Gasteiger partial charge in [-0.2, -0.15) is 0 Å². The average Bonchev–Trinajstić information content (AvgIpc) is 3.31. The van der Waals surface area contributed by atoms with E-state index < -0.39 is 0 Å². The quantitative estimate of drug-likeness (QED) is 0.716. The summed E-state index contributed by atoms with van der Waals surface area (Å²) in [7, 11) is 0. The fourth-order valence-electron chi connectivity index (χ4n) is 2.69. The van der Waals surface area contributed by atoms with Gasteiger partial charge < -0.3 is 9.97 Å². The maximum atomic E-state index is 4.48. The highest BCUT2D eigenvalue weighted by atomic mass is 14.8. The fraction of sp³-hybridized carbons (Fsp3) is 0. The maximum Gasteiger partial charge on any atom is 0.0729 e. The predicted molar refractivity (Wildman–Crippen MR) is 90.7 cm³/mol. The minimum atomic E-state index is 0.978. The first-order chi connectivity index (χ1) is 10.9. The molecule has 22 heavy (non-hydrogen) atoms. The molecule has 3 heterocycles. The van der Waals surface area contributed by atoms with Gasteiger partial charge in [-0.3, -0.25) is 4.99 Å². The molecule has 0 amide bonds. The summed E-state index contributed by atoms with van der Waals surface area (Å²) in [5.74, 6) is 0. The third-order valence-corrected chi connectivity index (χ3v) is 3.72. The van der Waals surface area contributed by atoms with Gasteiger partial charge in [0.1, 0.15) is 0 Å². The topological polar surface area (TPSA) is 43.9 Å². The molecule has 1 aliphatic heterocycles. The van der Waals surface area contributed by atoms with Gasteiger partial charge in [-0.25, -0.2) is 0 Å². The zero-order valence-electron chi connectivity index (χ0n) is 12.0. The molecule has 106 valence electrons. The van der Waals surface area contributed by atoms with Crippen LogP contribution in [0.15, 0.2) is 83.6 Å². The number of nitrogens with one attached hydrogen (secondary N) is 2. The van der Waals surface area contributed by atoms with Gasteiger partial charge in [-0.05, 0) is 42.0 Å². The van der Waals surface area contributed by atoms with E-state index in [0.717, 1.165) is 33.9 Å². The number of hydrogen-bond acceptors (Lipinski definition) is 1. The Hall–Kier alpha value is -3.07. The summed E-state index contributed by atoms with van der Waals surface area (Å²) in [4.78, 5) is 11.2. The Labute approximate surface area is 128 Å². The van der Waals surface area contributed by atoms with Crippen LogP contribution in [0.2, 0.25) is 0 Å². The summed E-state index contributed by atoms with van der Waals surface area (Å²) in [6, 6.07) is 18.6. The van der Waals surface area contributed by atoms with Crippen LogP contribution in [0.1, 0.15) is 11.3 Å². The average molecular weight is 285 g/mol. The number of aliphatic imine (C=N–C) groups is 1. The Morgan fingerprint density at radius 1 is 0.864 bits per heavy atom. The molecule has 0 aliphatic carbocycles. The number of rotatable bonds is 3. The lowest BCUT2D eigenvalue weighted by Crippen LogP contribution is -1.92. The van der Waals surface area contributed by atoms with E-state index in [-0.39, 0.29) is 0 Å². The molecule has 0 fully saturated rings. The molecular weight excluding hydrogens is 270 g/mol. The van der Waals surface area contributed by atoms with Gasteiger partial charge in [0.25, 0.3) is 0 Å². The van der Waals surface area contributed by atoms with Gasteiger partial charge in [0, 0.05) is 23.7 Å². The first-order valence-corrected chi connectivity index (χ1v) is 7.25. The normalized spacial score (nSPS) is 15.5.